The smallest absolute Gasteiger partial charge is 0.417 e. The first-order valence-corrected chi connectivity index (χ1v) is 7.21. The lowest BCUT2D eigenvalue weighted by molar-refractivity contribution is -0.137. The Morgan fingerprint density at radius 3 is 2.52 bits per heavy atom. The fourth-order valence-corrected chi connectivity index (χ4v) is 2.61. The number of fused-ring (bicyclic) bond motifs is 1. The van der Waals surface area contributed by atoms with Crippen molar-refractivity contribution in [3.63, 3.8) is 0 Å². The standard InChI is InChI=1S/C16H13F3N4O2/c1-8-9(2)14-20-7-12(21-15(24)25)23(14)22-13(8)10-5-3-4-6-11(10)16(17,18)19/h3-7,21H,1-2H3,(H,24,25). The summed E-state index contributed by atoms with van der Waals surface area (Å²) in [6.45, 7) is 3.35. The zero-order valence-electron chi connectivity index (χ0n) is 13.2. The number of anilines is 1. The van der Waals surface area contributed by atoms with Gasteiger partial charge in [-0.3, -0.25) is 5.32 Å². The van der Waals surface area contributed by atoms with E-state index in [0.29, 0.717) is 16.8 Å². The summed E-state index contributed by atoms with van der Waals surface area (Å²) in [5, 5.41) is 15.2. The maximum Gasteiger partial charge on any atom is 0.417 e. The predicted octanol–water partition coefficient (Wildman–Crippen LogP) is 4.12. The molecule has 3 aromatic rings. The molecule has 1 amide bonds. The van der Waals surface area contributed by atoms with Gasteiger partial charge in [-0.1, -0.05) is 18.2 Å². The molecule has 130 valence electrons. The molecular formula is C16H13F3N4O2. The number of benzene rings is 1. The molecule has 2 aromatic heterocycles. The second-order valence-electron chi connectivity index (χ2n) is 5.45. The normalized spacial score (nSPS) is 11.7. The maximum absolute atomic E-state index is 13.3. The molecule has 0 aliphatic rings. The highest BCUT2D eigenvalue weighted by Crippen LogP contribution is 2.38. The number of alkyl halides is 3. The number of carbonyl (C=O) groups is 1. The van der Waals surface area contributed by atoms with Crippen molar-refractivity contribution in [2.45, 2.75) is 20.0 Å². The van der Waals surface area contributed by atoms with Crippen molar-refractivity contribution in [2.24, 2.45) is 0 Å². The number of rotatable bonds is 2. The molecule has 0 aliphatic heterocycles. The number of aryl methyl sites for hydroxylation is 1. The lowest BCUT2D eigenvalue weighted by Crippen LogP contribution is -2.13. The third-order valence-electron chi connectivity index (χ3n) is 3.91. The minimum absolute atomic E-state index is 0.0522. The third-order valence-corrected chi connectivity index (χ3v) is 3.91. The molecule has 25 heavy (non-hydrogen) atoms. The average molecular weight is 350 g/mol. The molecule has 0 saturated carbocycles. The van der Waals surface area contributed by atoms with Gasteiger partial charge in [0, 0.05) is 5.56 Å². The van der Waals surface area contributed by atoms with Crippen molar-refractivity contribution in [3.05, 3.63) is 47.2 Å². The van der Waals surface area contributed by atoms with Crippen LogP contribution < -0.4 is 5.32 Å². The second-order valence-corrected chi connectivity index (χ2v) is 5.45. The molecule has 0 atom stereocenters. The predicted molar refractivity (Wildman–Crippen MR) is 84.5 cm³/mol. The van der Waals surface area contributed by atoms with E-state index in [2.05, 4.69) is 15.4 Å². The van der Waals surface area contributed by atoms with Crippen LogP contribution in [0.3, 0.4) is 0 Å². The fourth-order valence-electron chi connectivity index (χ4n) is 2.61. The van der Waals surface area contributed by atoms with E-state index in [-0.39, 0.29) is 17.1 Å². The van der Waals surface area contributed by atoms with Gasteiger partial charge in [0.2, 0.25) is 0 Å². The quantitative estimate of drug-likeness (QED) is 0.729. The Kier molecular flexibility index (Phi) is 3.86. The molecule has 9 heteroatoms. The number of imidazole rings is 1. The van der Waals surface area contributed by atoms with Crippen molar-refractivity contribution in [2.75, 3.05) is 5.32 Å². The monoisotopic (exact) mass is 350 g/mol. The lowest BCUT2D eigenvalue weighted by Gasteiger charge is -2.15. The molecule has 1 aromatic carbocycles. The van der Waals surface area contributed by atoms with Crippen LogP contribution >= 0.6 is 0 Å². The van der Waals surface area contributed by atoms with Crippen LogP contribution in [0.5, 0.6) is 0 Å². The Hall–Kier alpha value is -3.10. The summed E-state index contributed by atoms with van der Waals surface area (Å²) in [6, 6.07) is 5.13. The van der Waals surface area contributed by atoms with Crippen molar-refractivity contribution >= 4 is 17.6 Å². The van der Waals surface area contributed by atoms with Crippen LogP contribution in [-0.2, 0) is 6.18 Å². The molecule has 0 saturated heterocycles. The van der Waals surface area contributed by atoms with E-state index in [1.54, 1.807) is 13.8 Å². The van der Waals surface area contributed by atoms with Crippen LogP contribution in [0, 0.1) is 13.8 Å². The van der Waals surface area contributed by atoms with Gasteiger partial charge in [-0.05, 0) is 31.0 Å². The molecule has 0 spiro atoms. The van der Waals surface area contributed by atoms with Gasteiger partial charge in [-0.25, -0.2) is 9.78 Å². The van der Waals surface area contributed by atoms with Gasteiger partial charge in [0.05, 0.1) is 17.5 Å². The minimum Gasteiger partial charge on any atom is -0.465 e. The number of hydrogen-bond acceptors (Lipinski definition) is 3. The van der Waals surface area contributed by atoms with Crippen LogP contribution in [0.4, 0.5) is 23.8 Å². The van der Waals surface area contributed by atoms with Crippen LogP contribution in [0.2, 0.25) is 0 Å². The first-order chi connectivity index (χ1) is 11.7. The van der Waals surface area contributed by atoms with Gasteiger partial charge in [0.15, 0.2) is 11.5 Å². The Labute approximate surface area is 139 Å². The number of carboxylic acid groups (broad SMARTS) is 1. The Morgan fingerprint density at radius 1 is 1.20 bits per heavy atom. The molecule has 0 radical (unpaired) electrons. The number of halogens is 3. The molecule has 2 heterocycles. The Bertz CT molecular complexity index is 979. The van der Waals surface area contributed by atoms with Crippen LogP contribution in [0.1, 0.15) is 16.7 Å². The average Bonchev–Trinajstić information content (AvgIpc) is 2.92. The van der Waals surface area contributed by atoms with Gasteiger partial charge in [0.1, 0.15) is 0 Å². The van der Waals surface area contributed by atoms with E-state index >= 15 is 0 Å². The van der Waals surface area contributed by atoms with Crippen LogP contribution in [0.25, 0.3) is 16.9 Å². The summed E-state index contributed by atoms with van der Waals surface area (Å²) in [5.74, 6) is 0.0522. The zero-order valence-corrected chi connectivity index (χ0v) is 13.2. The molecule has 6 nitrogen and oxygen atoms in total. The SMILES string of the molecule is Cc1c(-c2ccccc2C(F)(F)F)nn2c(NC(=O)O)cnc2c1C. The van der Waals surface area contributed by atoms with E-state index in [4.69, 9.17) is 5.11 Å². The molecule has 0 aliphatic carbocycles. The molecular weight excluding hydrogens is 337 g/mol. The van der Waals surface area contributed by atoms with Crippen molar-refractivity contribution < 1.29 is 23.1 Å². The first kappa shape index (κ1) is 16.7. The first-order valence-electron chi connectivity index (χ1n) is 7.21. The van der Waals surface area contributed by atoms with Gasteiger partial charge in [-0.15, -0.1) is 0 Å². The Balaban J connectivity index is 2.31. The summed E-state index contributed by atoms with van der Waals surface area (Å²) >= 11 is 0. The molecule has 0 bridgehead atoms. The highest BCUT2D eigenvalue weighted by Gasteiger charge is 2.34. The largest absolute Gasteiger partial charge is 0.465 e. The number of nitrogens with one attached hydrogen (secondary N) is 1. The summed E-state index contributed by atoms with van der Waals surface area (Å²) in [7, 11) is 0. The van der Waals surface area contributed by atoms with Crippen molar-refractivity contribution in [3.8, 4) is 11.3 Å². The van der Waals surface area contributed by atoms with E-state index in [1.807, 2.05) is 0 Å². The maximum atomic E-state index is 13.3. The molecule has 2 N–H and O–H groups in total. The second kappa shape index (κ2) is 5.76. The highest BCUT2D eigenvalue weighted by atomic mass is 19.4. The number of amides is 1. The molecule has 0 unspecified atom stereocenters. The van der Waals surface area contributed by atoms with Crippen molar-refractivity contribution in [1.29, 1.82) is 0 Å². The molecule has 0 fully saturated rings. The third kappa shape index (κ3) is 2.88. The number of aromatic nitrogens is 3. The van der Waals surface area contributed by atoms with Gasteiger partial charge in [-0.2, -0.15) is 22.8 Å². The lowest BCUT2D eigenvalue weighted by atomic mass is 9.99. The number of nitrogens with zero attached hydrogens (tertiary/aromatic N) is 3. The summed E-state index contributed by atoms with van der Waals surface area (Å²) < 4.78 is 41.2. The Morgan fingerprint density at radius 2 is 1.88 bits per heavy atom. The van der Waals surface area contributed by atoms with Gasteiger partial charge in [0.25, 0.3) is 0 Å². The van der Waals surface area contributed by atoms with Crippen molar-refractivity contribution in [1.82, 2.24) is 14.6 Å². The van der Waals surface area contributed by atoms with E-state index in [9.17, 15) is 18.0 Å². The van der Waals surface area contributed by atoms with E-state index in [1.165, 1.54) is 28.9 Å². The van der Waals surface area contributed by atoms with Gasteiger partial charge < -0.3 is 5.11 Å². The van der Waals surface area contributed by atoms with E-state index in [0.717, 1.165) is 6.07 Å². The topological polar surface area (TPSA) is 79.5 Å². The summed E-state index contributed by atoms with van der Waals surface area (Å²) in [5.41, 5.74) is 0.751. The zero-order chi connectivity index (χ0) is 18.4. The minimum atomic E-state index is -4.54. The summed E-state index contributed by atoms with van der Waals surface area (Å²) in [4.78, 5) is 15.0. The highest BCUT2D eigenvalue weighted by molar-refractivity contribution is 5.82. The van der Waals surface area contributed by atoms with Gasteiger partial charge >= 0.3 is 12.3 Å². The summed E-state index contributed by atoms with van der Waals surface area (Å²) in [6.07, 6.45) is -4.59. The van der Waals surface area contributed by atoms with Crippen LogP contribution in [-0.4, -0.2) is 25.8 Å². The fraction of sp³-hybridized carbons (Fsp3) is 0.188. The van der Waals surface area contributed by atoms with E-state index < -0.39 is 17.8 Å². The number of hydrogen-bond donors (Lipinski definition) is 2. The molecule has 3 rings (SSSR count). The van der Waals surface area contributed by atoms with Crippen LogP contribution in [0.15, 0.2) is 30.5 Å².